The third-order valence-electron chi connectivity index (χ3n) is 5.78. The SMILES string of the molecule is C=CC(=O)N1CC(N2CCN(C(=O)C(C)Nc3cc(CC)c(Cl)cc3O)CC2)C1. The number of phenols is 1. The topological polar surface area (TPSA) is 76.1 Å². The van der Waals surface area contributed by atoms with Crippen molar-refractivity contribution >= 4 is 29.1 Å². The molecule has 0 saturated carbocycles. The molecule has 0 spiro atoms. The van der Waals surface area contributed by atoms with Gasteiger partial charge >= 0.3 is 0 Å². The number of amides is 2. The summed E-state index contributed by atoms with van der Waals surface area (Å²) in [4.78, 5) is 30.4. The minimum Gasteiger partial charge on any atom is -0.506 e. The summed E-state index contributed by atoms with van der Waals surface area (Å²) in [6.45, 7) is 11.7. The van der Waals surface area contributed by atoms with Gasteiger partial charge in [-0.3, -0.25) is 14.5 Å². The molecule has 0 aromatic heterocycles. The second-order valence-corrected chi connectivity index (χ2v) is 8.05. The molecule has 1 atom stereocenters. The predicted octanol–water partition coefficient (Wildman–Crippen LogP) is 1.95. The normalized spacial score (nSPS) is 18.9. The third kappa shape index (κ3) is 4.67. The van der Waals surface area contributed by atoms with Gasteiger partial charge in [-0.2, -0.15) is 0 Å². The number of phenolic OH excluding ortho intramolecular Hbond substituents is 1. The first-order valence-electron chi connectivity index (χ1n) is 10.1. The van der Waals surface area contributed by atoms with Crippen LogP contribution in [0.1, 0.15) is 19.4 Å². The first-order valence-corrected chi connectivity index (χ1v) is 10.4. The second-order valence-electron chi connectivity index (χ2n) is 7.64. The lowest BCUT2D eigenvalue weighted by molar-refractivity contribution is -0.136. The first kappa shape index (κ1) is 21.5. The molecule has 2 aliphatic rings. The summed E-state index contributed by atoms with van der Waals surface area (Å²) in [5.74, 6) is 0.0287. The number of benzene rings is 1. The van der Waals surface area contributed by atoms with Crippen molar-refractivity contribution in [2.75, 3.05) is 44.6 Å². The zero-order valence-corrected chi connectivity index (χ0v) is 17.8. The number of nitrogens with one attached hydrogen (secondary N) is 1. The highest BCUT2D eigenvalue weighted by atomic mass is 35.5. The molecule has 1 aromatic carbocycles. The molecule has 0 aliphatic carbocycles. The highest BCUT2D eigenvalue weighted by Crippen LogP contribution is 2.31. The van der Waals surface area contributed by atoms with Crippen molar-refractivity contribution in [2.24, 2.45) is 0 Å². The van der Waals surface area contributed by atoms with Crippen LogP contribution >= 0.6 is 11.6 Å². The fraction of sp³-hybridized carbons (Fsp3) is 0.524. The van der Waals surface area contributed by atoms with Gasteiger partial charge in [0.15, 0.2) is 0 Å². The van der Waals surface area contributed by atoms with Crippen LogP contribution in [0.4, 0.5) is 5.69 Å². The van der Waals surface area contributed by atoms with E-state index in [0.717, 1.165) is 38.2 Å². The van der Waals surface area contributed by atoms with Gasteiger partial charge in [0.25, 0.3) is 0 Å². The van der Waals surface area contributed by atoms with E-state index in [1.807, 2.05) is 11.8 Å². The van der Waals surface area contributed by atoms with E-state index < -0.39 is 6.04 Å². The number of likely N-dealkylation sites (tertiary alicyclic amines) is 1. The highest BCUT2D eigenvalue weighted by Gasteiger charge is 2.36. The monoisotopic (exact) mass is 420 g/mol. The summed E-state index contributed by atoms with van der Waals surface area (Å²) in [5.41, 5.74) is 1.44. The van der Waals surface area contributed by atoms with Gasteiger partial charge in [-0.05, 0) is 31.1 Å². The van der Waals surface area contributed by atoms with E-state index in [0.29, 0.717) is 29.8 Å². The molecule has 0 bridgehead atoms. The molecule has 7 nitrogen and oxygen atoms in total. The van der Waals surface area contributed by atoms with Crippen LogP contribution in [-0.2, 0) is 16.0 Å². The standard InChI is InChI=1S/C21H29ClN4O3/c1-4-15-10-18(19(27)11-17(15)22)23-14(3)21(29)25-8-6-24(7-9-25)16-12-26(13-16)20(28)5-2/h5,10-11,14,16,23,27H,2,4,6-9,12-13H2,1,3H3. The Labute approximate surface area is 176 Å². The van der Waals surface area contributed by atoms with Crippen LogP contribution in [0.2, 0.25) is 5.02 Å². The lowest BCUT2D eigenvalue weighted by Crippen LogP contribution is -2.64. The van der Waals surface area contributed by atoms with E-state index in [1.165, 1.54) is 12.1 Å². The van der Waals surface area contributed by atoms with Crippen molar-refractivity contribution in [1.82, 2.24) is 14.7 Å². The summed E-state index contributed by atoms with van der Waals surface area (Å²) in [6, 6.07) is 3.22. The van der Waals surface area contributed by atoms with Gasteiger partial charge in [-0.15, -0.1) is 0 Å². The van der Waals surface area contributed by atoms with Gasteiger partial charge in [-0.25, -0.2) is 0 Å². The number of hydrogen-bond acceptors (Lipinski definition) is 5. The molecule has 2 fully saturated rings. The molecule has 2 N–H and O–H groups in total. The summed E-state index contributed by atoms with van der Waals surface area (Å²) < 4.78 is 0. The molecule has 2 aliphatic heterocycles. The van der Waals surface area contributed by atoms with Crippen molar-refractivity contribution < 1.29 is 14.7 Å². The number of piperazine rings is 1. The number of hydrogen-bond donors (Lipinski definition) is 2. The summed E-state index contributed by atoms with van der Waals surface area (Å²) in [7, 11) is 0. The van der Waals surface area contributed by atoms with Crippen LogP contribution in [0.15, 0.2) is 24.8 Å². The van der Waals surface area contributed by atoms with Crippen molar-refractivity contribution in [3.63, 3.8) is 0 Å². The Morgan fingerprint density at radius 3 is 2.52 bits per heavy atom. The van der Waals surface area contributed by atoms with Crippen LogP contribution in [0.3, 0.4) is 0 Å². The summed E-state index contributed by atoms with van der Waals surface area (Å²) >= 11 is 6.12. The van der Waals surface area contributed by atoms with Crippen molar-refractivity contribution in [3.05, 3.63) is 35.4 Å². The maximum absolute atomic E-state index is 12.8. The van der Waals surface area contributed by atoms with Crippen LogP contribution in [-0.4, -0.2) is 83.0 Å². The van der Waals surface area contributed by atoms with Crippen LogP contribution in [0, 0.1) is 0 Å². The number of halogens is 1. The zero-order valence-electron chi connectivity index (χ0n) is 17.0. The first-order chi connectivity index (χ1) is 13.8. The number of carbonyl (C=O) groups is 2. The Morgan fingerprint density at radius 2 is 1.93 bits per heavy atom. The molecular weight excluding hydrogens is 392 g/mol. The van der Waals surface area contributed by atoms with E-state index >= 15 is 0 Å². The van der Waals surface area contributed by atoms with Gasteiger partial charge in [0.1, 0.15) is 11.8 Å². The van der Waals surface area contributed by atoms with Crippen molar-refractivity contribution in [3.8, 4) is 5.75 Å². The Balaban J connectivity index is 1.51. The average Bonchev–Trinajstić information content (AvgIpc) is 2.68. The van der Waals surface area contributed by atoms with E-state index in [4.69, 9.17) is 11.6 Å². The molecule has 2 heterocycles. The number of aromatic hydroxyl groups is 1. The fourth-order valence-electron chi connectivity index (χ4n) is 3.87. The minimum atomic E-state index is -0.456. The Hall–Kier alpha value is -2.25. The highest BCUT2D eigenvalue weighted by molar-refractivity contribution is 6.31. The quantitative estimate of drug-likeness (QED) is 0.543. The van der Waals surface area contributed by atoms with Crippen molar-refractivity contribution in [2.45, 2.75) is 32.4 Å². The fourth-order valence-corrected chi connectivity index (χ4v) is 4.16. The lowest BCUT2D eigenvalue weighted by atomic mass is 10.1. The third-order valence-corrected chi connectivity index (χ3v) is 6.13. The average molecular weight is 421 g/mol. The van der Waals surface area contributed by atoms with Gasteiger partial charge in [0.05, 0.1) is 5.69 Å². The number of rotatable bonds is 6. The molecule has 1 aromatic rings. The molecule has 0 radical (unpaired) electrons. The van der Waals surface area contributed by atoms with Gasteiger partial charge in [0, 0.05) is 56.4 Å². The largest absolute Gasteiger partial charge is 0.506 e. The smallest absolute Gasteiger partial charge is 0.246 e. The second kappa shape index (κ2) is 9.05. The van der Waals surface area contributed by atoms with Crippen LogP contribution in [0.25, 0.3) is 0 Å². The van der Waals surface area contributed by atoms with Gasteiger partial charge in [0.2, 0.25) is 11.8 Å². The molecule has 8 heteroatoms. The predicted molar refractivity (Wildman–Crippen MR) is 114 cm³/mol. The molecule has 3 rings (SSSR count). The number of carbonyl (C=O) groups excluding carboxylic acids is 2. The molecular formula is C21H29ClN4O3. The van der Waals surface area contributed by atoms with E-state index in [2.05, 4.69) is 16.8 Å². The molecule has 2 saturated heterocycles. The summed E-state index contributed by atoms with van der Waals surface area (Å²) in [5, 5.41) is 13.8. The van der Waals surface area contributed by atoms with Crippen LogP contribution in [0.5, 0.6) is 5.75 Å². The minimum absolute atomic E-state index is 0.00844. The van der Waals surface area contributed by atoms with Gasteiger partial charge < -0.3 is 20.2 Å². The van der Waals surface area contributed by atoms with Crippen LogP contribution < -0.4 is 5.32 Å². The van der Waals surface area contributed by atoms with E-state index in [1.54, 1.807) is 17.9 Å². The Bertz CT molecular complexity index is 786. The van der Waals surface area contributed by atoms with Crippen molar-refractivity contribution in [1.29, 1.82) is 0 Å². The van der Waals surface area contributed by atoms with E-state index in [-0.39, 0.29) is 17.6 Å². The maximum atomic E-state index is 12.8. The zero-order chi connectivity index (χ0) is 21.1. The Morgan fingerprint density at radius 1 is 1.28 bits per heavy atom. The lowest BCUT2D eigenvalue weighted by Gasteiger charge is -2.48. The number of aryl methyl sites for hydroxylation is 1. The number of nitrogens with zero attached hydrogens (tertiary/aromatic N) is 3. The number of anilines is 1. The Kier molecular flexibility index (Phi) is 6.70. The summed E-state index contributed by atoms with van der Waals surface area (Å²) in [6.07, 6.45) is 2.10. The van der Waals surface area contributed by atoms with Gasteiger partial charge in [-0.1, -0.05) is 25.1 Å². The maximum Gasteiger partial charge on any atom is 0.246 e. The molecule has 158 valence electrons. The molecule has 29 heavy (non-hydrogen) atoms. The van der Waals surface area contributed by atoms with E-state index in [9.17, 15) is 14.7 Å². The molecule has 1 unspecified atom stereocenters. The molecule has 2 amide bonds.